The first-order chi connectivity index (χ1) is 9.51. The molecule has 0 N–H and O–H groups in total. The maximum atomic E-state index is 12.2. The van der Waals surface area contributed by atoms with Crippen molar-refractivity contribution in [1.29, 1.82) is 0 Å². The quantitative estimate of drug-likeness (QED) is 0.809. The second-order valence-corrected chi connectivity index (χ2v) is 4.21. The first-order valence-electron chi connectivity index (χ1n) is 5.72. The molecule has 0 radical (unpaired) electrons. The molecular weight excluding hydrogens is 292 g/mol. The van der Waals surface area contributed by atoms with Crippen LogP contribution in [-0.4, -0.2) is 24.2 Å². The summed E-state index contributed by atoms with van der Waals surface area (Å²) in [5.41, 5.74) is 0.689. The van der Waals surface area contributed by atoms with Crippen LogP contribution in [0.1, 0.15) is 17.3 Å². The van der Waals surface area contributed by atoms with Crippen molar-refractivity contribution in [1.82, 2.24) is 4.98 Å². The van der Waals surface area contributed by atoms with Crippen LogP contribution in [0.25, 0.3) is 10.9 Å². The minimum atomic E-state index is -2.98. The van der Waals surface area contributed by atoms with Crippen LogP contribution in [-0.2, 0) is 4.74 Å². The Hall–Kier alpha value is -1.95. The lowest BCUT2D eigenvalue weighted by molar-refractivity contribution is -0.0497. The normalized spacial score (nSPS) is 10.8. The van der Waals surface area contributed by atoms with Gasteiger partial charge in [-0.05, 0) is 25.1 Å². The van der Waals surface area contributed by atoms with Crippen molar-refractivity contribution in [3.05, 3.63) is 35.0 Å². The molecule has 0 bridgehead atoms. The summed E-state index contributed by atoms with van der Waals surface area (Å²) in [6, 6.07) is 4.18. The van der Waals surface area contributed by atoms with Crippen LogP contribution in [0.5, 0.6) is 5.75 Å². The Balaban J connectivity index is 2.45. The van der Waals surface area contributed by atoms with E-state index in [-0.39, 0.29) is 22.9 Å². The number of carbonyl (C=O) groups excluding carboxylic acids is 1. The molecule has 2 aromatic rings. The lowest BCUT2D eigenvalue weighted by atomic mass is 10.1. The Morgan fingerprint density at radius 3 is 2.80 bits per heavy atom. The van der Waals surface area contributed by atoms with Gasteiger partial charge >= 0.3 is 12.6 Å². The van der Waals surface area contributed by atoms with Gasteiger partial charge in [-0.1, -0.05) is 11.6 Å². The average molecular weight is 302 g/mol. The monoisotopic (exact) mass is 301 g/mol. The van der Waals surface area contributed by atoms with Gasteiger partial charge in [-0.3, -0.25) is 4.98 Å². The van der Waals surface area contributed by atoms with Crippen LogP contribution in [0.15, 0.2) is 24.4 Å². The van der Waals surface area contributed by atoms with Gasteiger partial charge in [0.15, 0.2) is 0 Å². The van der Waals surface area contributed by atoms with Gasteiger partial charge in [0.05, 0.1) is 22.7 Å². The molecule has 0 aliphatic carbocycles. The minimum Gasteiger partial charge on any atom is -0.462 e. The van der Waals surface area contributed by atoms with Crippen LogP contribution in [0, 0.1) is 0 Å². The van der Waals surface area contributed by atoms with Gasteiger partial charge in [-0.2, -0.15) is 8.78 Å². The SMILES string of the molecule is CCOC(=O)c1cnc2cc(Cl)c(OC(F)F)cc2c1. The van der Waals surface area contributed by atoms with Crippen molar-refractivity contribution in [2.45, 2.75) is 13.5 Å². The molecule has 0 atom stereocenters. The predicted octanol–water partition coefficient (Wildman–Crippen LogP) is 3.67. The first kappa shape index (κ1) is 14.5. The molecule has 0 spiro atoms. The number of pyridine rings is 1. The van der Waals surface area contributed by atoms with E-state index in [1.807, 2.05) is 0 Å². The topological polar surface area (TPSA) is 48.4 Å². The fourth-order valence-corrected chi connectivity index (χ4v) is 1.84. The van der Waals surface area contributed by atoms with E-state index in [0.717, 1.165) is 0 Å². The van der Waals surface area contributed by atoms with Gasteiger partial charge in [0.2, 0.25) is 0 Å². The number of nitrogens with zero attached hydrogens (tertiary/aromatic N) is 1. The van der Waals surface area contributed by atoms with E-state index in [1.165, 1.54) is 24.4 Å². The smallest absolute Gasteiger partial charge is 0.387 e. The highest BCUT2D eigenvalue weighted by Crippen LogP contribution is 2.30. The summed E-state index contributed by atoms with van der Waals surface area (Å²) in [6.07, 6.45) is 1.34. The standard InChI is InChI=1S/C13H10ClF2NO3/c1-2-19-12(18)8-3-7-4-11(20-13(15)16)9(14)5-10(7)17-6-8/h3-6,13H,2H2,1H3. The number of carbonyl (C=O) groups is 1. The molecule has 7 heteroatoms. The zero-order valence-corrected chi connectivity index (χ0v) is 11.2. The van der Waals surface area contributed by atoms with Gasteiger partial charge in [-0.25, -0.2) is 4.79 Å². The Kier molecular flexibility index (Phi) is 4.34. The predicted molar refractivity (Wildman–Crippen MR) is 69.3 cm³/mol. The average Bonchev–Trinajstić information content (AvgIpc) is 2.39. The van der Waals surface area contributed by atoms with Crippen LogP contribution >= 0.6 is 11.6 Å². The summed E-state index contributed by atoms with van der Waals surface area (Å²) in [7, 11) is 0. The van der Waals surface area contributed by atoms with Crippen molar-refractivity contribution in [3.8, 4) is 5.75 Å². The Morgan fingerprint density at radius 1 is 1.40 bits per heavy atom. The van der Waals surface area contributed by atoms with E-state index in [1.54, 1.807) is 6.92 Å². The molecule has 1 aromatic heterocycles. The molecule has 20 heavy (non-hydrogen) atoms. The van der Waals surface area contributed by atoms with Crippen molar-refractivity contribution >= 4 is 28.5 Å². The van der Waals surface area contributed by atoms with E-state index < -0.39 is 12.6 Å². The van der Waals surface area contributed by atoms with Crippen molar-refractivity contribution < 1.29 is 23.0 Å². The number of halogens is 3. The third kappa shape index (κ3) is 3.14. The molecule has 0 aliphatic rings. The highest BCUT2D eigenvalue weighted by molar-refractivity contribution is 6.32. The van der Waals surface area contributed by atoms with Crippen LogP contribution in [0.3, 0.4) is 0 Å². The van der Waals surface area contributed by atoms with Crippen LogP contribution in [0.2, 0.25) is 5.02 Å². The molecule has 1 aromatic carbocycles. The van der Waals surface area contributed by atoms with Crippen molar-refractivity contribution in [2.24, 2.45) is 0 Å². The lowest BCUT2D eigenvalue weighted by Gasteiger charge is -2.08. The molecule has 4 nitrogen and oxygen atoms in total. The third-order valence-electron chi connectivity index (χ3n) is 2.46. The molecule has 106 valence electrons. The van der Waals surface area contributed by atoms with Crippen LogP contribution in [0.4, 0.5) is 8.78 Å². The van der Waals surface area contributed by atoms with Gasteiger partial charge in [-0.15, -0.1) is 0 Å². The van der Waals surface area contributed by atoms with Gasteiger partial charge in [0.1, 0.15) is 5.75 Å². The molecule has 1 heterocycles. The first-order valence-corrected chi connectivity index (χ1v) is 6.10. The summed E-state index contributed by atoms with van der Waals surface area (Å²) in [4.78, 5) is 15.6. The second-order valence-electron chi connectivity index (χ2n) is 3.80. The maximum absolute atomic E-state index is 12.2. The number of rotatable bonds is 4. The van der Waals surface area contributed by atoms with Gasteiger partial charge in [0, 0.05) is 11.6 Å². The third-order valence-corrected chi connectivity index (χ3v) is 2.76. The van der Waals surface area contributed by atoms with E-state index in [2.05, 4.69) is 9.72 Å². The number of benzene rings is 1. The number of esters is 1. The Bertz CT molecular complexity index is 649. The zero-order valence-electron chi connectivity index (χ0n) is 10.4. The van der Waals surface area contributed by atoms with E-state index in [9.17, 15) is 13.6 Å². The van der Waals surface area contributed by atoms with E-state index in [0.29, 0.717) is 10.9 Å². The lowest BCUT2D eigenvalue weighted by Crippen LogP contribution is -2.05. The number of hydrogen-bond donors (Lipinski definition) is 0. The van der Waals surface area contributed by atoms with Crippen LogP contribution < -0.4 is 4.74 Å². The van der Waals surface area contributed by atoms with Gasteiger partial charge in [0.25, 0.3) is 0 Å². The van der Waals surface area contributed by atoms with E-state index in [4.69, 9.17) is 16.3 Å². The molecule has 0 amide bonds. The van der Waals surface area contributed by atoms with Crippen molar-refractivity contribution in [2.75, 3.05) is 6.61 Å². The highest BCUT2D eigenvalue weighted by atomic mass is 35.5. The summed E-state index contributed by atoms with van der Waals surface area (Å²) in [6.45, 7) is -1.07. The summed E-state index contributed by atoms with van der Waals surface area (Å²) >= 11 is 5.81. The summed E-state index contributed by atoms with van der Waals surface area (Å²) in [5, 5.41) is 0.477. The van der Waals surface area contributed by atoms with E-state index >= 15 is 0 Å². The zero-order chi connectivity index (χ0) is 14.7. The van der Waals surface area contributed by atoms with Gasteiger partial charge < -0.3 is 9.47 Å². The number of hydrogen-bond acceptors (Lipinski definition) is 4. The number of fused-ring (bicyclic) bond motifs is 1. The number of alkyl halides is 2. The Morgan fingerprint density at radius 2 is 2.15 bits per heavy atom. The maximum Gasteiger partial charge on any atom is 0.387 e. The number of ether oxygens (including phenoxy) is 2. The minimum absolute atomic E-state index is 0.0224. The van der Waals surface area contributed by atoms with Crippen molar-refractivity contribution in [3.63, 3.8) is 0 Å². The molecule has 0 fully saturated rings. The Labute approximate surface area is 118 Å². The largest absolute Gasteiger partial charge is 0.462 e. The summed E-state index contributed by atoms with van der Waals surface area (Å²) in [5.74, 6) is -0.704. The molecule has 2 rings (SSSR count). The molecular formula is C13H10ClF2NO3. The molecule has 0 saturated carbocycles. The number of aromatic nitrogens is 1. The summed E-state index contributed by atoms with van der Waals surface area (Å²) < 4.78 is 33.6. The molecule has 0 unspecified atom stereocenters. The highest BCUT2D eigenvalue weighted by Gasteiger charge is 2.13. The fraction of sp³-hybridized carbons (Fsp3) is 0.231. The molecule has 0 aliphatic heterocycles. The second kappa shape index (κ2) is 6.00. The molecule has 0 saturated heterocycles. The fourth-order valence-electron chi connectivity index (χ4n) is 1.64.